The van der Waals surface area contributed by atoms with Gasteiger partial charge in [0.2, 0.25) is 0 Å². The maximum atomic E-state index is 6.15. The topological polar surface area (TPSA) is 38.0 Å². The van der Waals surface area contributed by atoms with Gasteiger partial charge < -0.3 is 11.1 Å². The summed E-state index contributed by atoms with van der Waals surface area (Å²) < 4.78 is 0. The molecule has 2 aliphatic carbocycles. The van der Waals surface area contributed by atoms with Gasteiger partial charge in [0.05, 0.1) is 0 Å². The van der Waals surface area contributed by atoms with Crippen molar-refractivity contribution >= 4 is 0 Å². The number of hydrogen-bond donors (Lipinski definition) is 2. The minimum atomic E-state index is 0.374. The van der Waals surface area contributed by atoms with E-state index in [2.05, 4.69) is 19.2 Å². The highest BCUT2D eigenvalue weighted by molar-refractivity contribution is 4.94. The molecule has 0 bridgehead atoms. The predicted molar refractivity (Wildman–Crippen MR) is 60.1 cm³/mol. The Morgan fingerprint density at radius 1 is 1.43 bits per heavy atom. The van der Waals surface area contributed by atoms with Crippen LogP contribution in [0.15, 0.2) is 0 Å². The van der Waals surface area contributed by atoms with Crippen molar-refractivity contribution in [2.45, 2.75) is 58.0 Å². The maximum absolute atomic E-state index is 6.15. The molecule has 2 heteroatoms. The van der Waals surface area contributed by atoms with E-state index in [9.17, 15) is 0 Å². The van der Waals surface area contributed by atoms with Crippen molar-refractivity contribution < 1.29 is 0 Å². The van der Waals surface area contributed by atoms with Gasteiger partial charge in [-0.15, -0.1) is 0 Å². The Morgan fingerprint density at radius 2 is 2.14 bits per heavy atom. The van der Waals surface area contributed by atoms with E-state index >= 15 is 0 Å². The molecule has 2 aliphatic rings. The number of hydrogen-bond acceptors (Lipinski definition) is 2. The zero-order chi connectivity index (χ0) is 10.2. The first-order chi connectivity index (χ1) is 6.60. The van der Waals surface area contributed by atoms with Crippen molar-refractivity contribution in [1.29, 1.82) is 0 Å². The summed E-state index contributed by atoms with van der Waals surface area (Å²) in [6.45, 7) is 5.81. The maximum Gasteiger partial charge on any atom is 0.0105 e. The summed E-state index contributed by atoms with van der Waals surface area (Å²) in [4.78, 5) is 0. The van der Waals surface area contributed by atoms with Crippen LogP contribution < -0.4 is 11.1 Å². The molecule has 82 valence electrons. The largest absolute Gasteiger partial charge is 0.327 e. The lowest BCUT2D eigenvalue weighted by atomic mass is 9.80. The van der Waals surface area contributed by atoms with Crippen molar-refractivity contribution in [3.8, 4) is 0 Å². The number of nitrogens with two attached hydrogens (primary N) is 1. The van der Waals surface area contributed by atoms with Gasteiger partial charge in [-0.2, -0.15) is 0 Å². The first-order valence-electron chi connectivity index (χ1n) is 6.09. The van der Waals surface area contributed by atoms with E-state index in [1.807, 2.05) is 0 Å². The number of nitrogens with one attached hydrogen (secondary N) is 1. The van der Waals surface area contributed by atoms with Gasteiger partial charge in [0.25, 0.3) is 0 Å². The summed E-state index contributed by atoms with van der Waals surface area (Å²) >= 11 is 0. The van der Waals surface area contributed by atoms with Crippen molar-refractivity contribution in [1.82, 2.24) is 5.32 Å². The summed E-state index contributed by atoms with van der Waals surface area (Å²) in [7, 11) is 0. The van der Waals surface area contributed by atoms with E-state index in [-0.39, 0.29) is 0 Å². The molecule has 0 aromatic rings. The molecular formula is C12H24N2. The molecule has 3 N–H and O–H groups in total. The van der Waals surface area contributed by atoms with E-state index in [0.717, 1.165) is 18.5 Å². The van der Waals surface area contributed by atoms with E-state index in [4.69, 9.17) is 5.73 Å². The lowest BCUT2D eigenvalue weighted by Crippen LogP contribution is -2.48. The Bertz CT molecular complexity index is 198. The van der Waals surface area contributed by atoms with Gasteiger partial charge in [0.1, 0.15) is 0 Å². The zero-order valence-electron chi connectivity index (χ0n) is 9.55. The third kappa shape index (κ3) is 1.96. The Labute approximate surface area is 87.6 Å². The molecule has 2 nitrogen and oxygen atoms in total. The minimum Gasteiger partial charge on any atom is -0.327 e. The Balaban J connectivity index is 1.74. The van der Waals surface area contributed by atoms with Gasteiger partial charge in [-0.3, -0.25) is 0 Å². The number of rotatable bonds is 3. The second-order valence-corrected chi connectivity index (χ2v) is 5.81. The smallest absolute Gasteiger partial charge is 0.0105 e. The molecule has 0 spiro atoms. The molecule has 0 saturated heterocycles. The monoisotopic (exact) mass is 196 g/mol. The summed E-state index contributed by atoms with van der Waals surface area (Å²) in [5.41, 5.74) is 6.52. The fourth-order valence-corrected chi connectivity index (χ4v) is 2.93. The van der Waals surface area contributed by atoms with Gasteiger partial charge in [-0.05, 0) is 37.0 Å². The molecule has 14 heavy (non-hydrogen) atoms. The molecule has 0 aromatic heterocycles. The SMILES string of the molecule is CC1CC(NCC2(C)CCCC2N)C1. The fraction of sp³-hybridized carbons (Fsp3) is 1.00. The summed E-state index contributed by atoms with van der Waals surface area (Å²) in [6, 6.07) is 1.21. The third-order valence-electron chi connectivity index (χ3n) is 4.33. The van der Waals surface area contributed by atoms with Crippen LogP contribution in [0, 0.1) is 11.3 Å². The van der Waals surface area contributed by atoms with Crippen molar-refractivity contribution in [3.63, 3.8) is 0 Å². The minimum absolute atomic E-state index is 0.374. The average molecular weight is 196 g/mol. The van der Waals surface area contributed by atoms with Crippen LogP contribution in [0.1, 0.15) is 46.0 Å². The Hall–Kier alpha value is -0.0800. The standard InChI is InChI=1S/C12H24N2/c1-9-6-10(7-9)14-8-12(2)5-3-4-11(12)13/h9-11,14H,3-8,13H2,1-2H3. The van der Waals surface area contributed by atoms with Crippen LogP contribution in [-0.4, -0.2) is 18.6 Å². The van der Waals surface area contributed by atoms with E-state index in [0.29, 0.717) is 11.5 Å². The second kappa shape index (κ2) is 3.82. The van der Waals surface area contributed by atoms with Crippen LogP contribution in [0.3, 0.4) is 0 Å². The molecular weight excluding hydrogens is 172 g/mol. The van der Waals surface area contributed by atoms with Crippen molar-refractivity contribution in [3.05, 3.63) is 0 Å². The molecule has 2 rings (SSSR count). The van der Waals surface area contributed by atoms with Crippen molar-refractivity contribution in [2.24, 2.45) is 17.1 Å². The van der Waals surface area contributed by atoms with E-state index < -0.39 is 0 Å². The lowest BCUT2D eigenvalue weighted by Gasteiger charge is -2.38. The molecule has 0 aromatic carbocycles. The highest BCUT2D eigenvalue weighted by Crippen LogP contribution is 2.37. The first kappa shape index (κ1) is 10.4. The molecule has 0 amide bonds. The molecule has 0 heterocycles. The van der Waals surface area contributed by atoms with Crippen molar-refractivity contribution in [2.75, 3.05) is 6.54 Å². The van der Waals surface area contributed by atoms with Gasteiger partial charge in [0.15, 0.2) is 0 Å². The average Bonchev–Trinajstić information content (AvgIpc) is 2.40. The van der Waals surface area contributed by atoms with Crippen LogP contribution in [-0.2, 0) is 0 Å². The lowest BCUT2D eigenvalue weighted by molar-refractivity contribution is 0.195. The summed E-state index contributed by atoms with van der Waals surface area (Å²) in [5.74, 6) is 0.942. The van der Waals surface area contributed by atoms with E-state index in [1.54, 1.807) is 0 Å². The predicted octanol–water partition coefficient (Wildman–Crippen LogP) is 1.89. The van der Waals surface area contributed by atoms with Crippen LogP contribution >= 0.6 is 0 Å². The molecule has 2 saturated carbocycles. The molecule has 0 radical (unpaired) electrons. The quantitative estimate of drug-likeness (QED) is 0.723. The normalized spacial score (nSPS) is 47.8. The highest BCUT2D eigenvalue weighted by Gasteiger charge is 2.37. The van der Waals surface area contributed by atoms with Gasteiger partial charge >= 0.3 is 0 Å². The Morgan fingerprint density at radius 3 is 2.64 bits per heavy atom. The van der Waals surface area contributed by atoms with E-state index in [1.165, 1.54) is 32.1 Å². The fourth-order valence-electron chi connectivity index (χ4n) is 2.93. The molecule has 0 aliphatic heterocycles. The van der Waals surface area contributed by atoms with Crippen LogP contribution in [0.5, 0.6) is 0 Å². The zero-order valence-corrected chi connectivity index (χ0v) is 9.55. The van der Waals surface area contributed by atoms with Crippen LogP contribution in [0.4, 0.5) is 0 Å². The van der Waals surface area contributed by atoms with Gasteiger partial charge in [-0.1, -0.05) is 20.3 Å². The van der Waals surface area contributed by atoms with Gasteiger partial charge in [0, 0.05) is 18.6 Å². The summed E-state index contributed by atoms with van der Waals surface area (Å²) in [5, 5.41) is 3.68. The van der Waals surface area contributed by atoms with Crippen LogP contribution in [0.2, 0.25) is 0 Å². The highest BCUT2D eigenvalue weighted by atomic mass is 15.0. The first-order valence-corrected chi connectivity index (χ1v) is 6.09. The molecule has 2 unspecified atom stereocenters. The Kier molecular flexibility index (Phi) is 2.85. The van der Waals surface area contributed by atoms with Gasteiger partial charge in [-0.25, -0.2) is 0 Å². The van der Waals surface area contributed by atoms with Crippen LogP contribution in [0.25, 0.3) is 0 Å². The molecule has 2 atom stereocenters. The summed E-state index contributed by atoms with van der Waals surface area (Å²) in [6.07, 6.45) is 6.58. The second-order valence-electron chi connectivity index (χ2n) is 5.81. The third-order valence-corrected chi connectivity index (χ3v) is 4.33. The molecule has 2 fully saturated rings.